The van der Waals surface area contributed by atoms with E-state index in [1.807, 2.05) is 13.8 Å². The topological polar surface area (TPSA) is 67.4 Å². The number of hydroxylamine groups is 1. The summed E-state index contributed by atoms with van der Waals surface area (Å²) in [6, 6.07) is 5.85. The summed E-state index contributed by atoms with van der Waals surface area (Å²) in [5.41, 5.74) is 2.79. The Balaban J connectivity index is 2.78. The summed E-state index contributed by atoms with van der Waals surface area (Å²) in [5, 5.41) is 3.29. The van der Waals surface area contributed by atoms with Gasteiger partial charge in [-0.1, -0.05) is 31.9 Å². The van der Waals surface area contributed by atoms with Crippen molar-refractivity contribution in [3.8, 4) is 0 Å². The van der Waals surface area contributed by atoms with Gasteiger partial charge in [0.15, 0.2) is 0 Å². The number of halogens is 1. The predicted octanol–water partition coefficient (Wildman–Crippen LogP) is 2.55. The molecule has 5 nitrogen and oxygen atoms in total. The number of benzene rings is 1. The Morgan fingerprint density at radius 2 is 1.86 bits per heavy atom. The van der Waals surface area contributed by atoms with Crippen molar-refractivity contribution >= 4 is 23.4 Å². The lowest BCUT2D eigenvalue weighted by Gasteiger charge is -2.23. The lowest BCUT2D eigenvalue weighted by atomic mass is 9.98. The minimum atomic E-state index is -0.648. The molecule has 2 amide bonds. The van der Waals surface area contributed by atoms with Gasteiger partial charge in [-0.05, 0) is 37.1 Å². The van der Waals surface area contributed by atoms with Crippen LogP contribution >= 0.6 is 11.6 Å². The average molecular weight is 313 g/mol. The molecule has 0 saturated carbocycles. The molecule has 2 atom stereocenters. The van der Waals surface area contributed by atoms with Crippen LogP contribution in [0, 0.1) is 5.92 Å². The lowest BCUT2D eigenvalue weighted by molar-refractivity contribution is -0.136. The maximum Gasteiger partial charge on any atom is 0.266 e. The zero-order valence-electron chi connectivity index (χ0n) is 12.5. The molecule has 2 N–H and O–H groups in total. The van der Waals surface area contributed by atoms with Crippen molar-refractivity contribution in [2.45, 2.75) is 33.2 Å². The van der Waals surface area contributed by atoms with E-state index in [0.717, 1.165) is 6.42 Å². The molecule has 0 aliphatic carbocycles. The first-order valence-electron chi connectivity index (χ1n) is 6.97. The van der Waals surface area contributed by atoms with E-state index in [4.69, 9.17) is 16.4 Å². The van der Waals surface area contributed by atoms with Crippen LogP contribution in [0.5, 0.6) is 0 Å². The standard InChI is InChI=1S/C15H21ClN2O3/c1-4-10(3)13(15(20)18-21-5-2)17-14(19)11-6-8-12(16)9-7-11/h6-10,13H,4-5H2,1-3H3,(H,17,19)(H,18,20)/t10-,13+/m1/s1. The van der Waals surface area contributed by atoms with E-state index in [1.165, 1.54) is 0 Å². The van der Waals surface area contributed by atoms with Crippen molar-refractivity contribution in [2.24, 2.45) is 5.92 Å². The fraction of sp³-hybridized carbons (Fsp3) is 0.467. The van der Waals surface area contributed by atoms with Crippen molar-refractivity contribution in [3.05, 3.63) is 34.9 Å². The van der Waals surface area contributed by atoms with Crippen LogP contribution in [0.2, 0.25) is 5.02 Å². The van der Waals surface area contributed by atoms with Crippen molar-refractivity contribution in [2.75, 3.05) is 6.61 Å². The Hall–Kier alpha value is -1.59. The third-order valence-corrected chi connectivity index (χ3v) is 3.46. The van der Waals surface area contributed by atoms with Gasteiger partial charge >= 0.3 is 0 Å². The Bertz CT molecular complexity index is 476. The van der Waals surface area contributed by atoms with Crippen LogP contribution in [0.15, 0.2) is 24.3 Å². The van der Waals surface area contributed by atoms with Gasteiger partial charge in [-0.15, -0.1) is 0 Å². The number of carbonyl (C=O) groups excluding carboxylic acids is 2. The summed E-state index contributed by atoms with van der Waals surface area (Å²) in [5.74, 6) is -0.682. The van der Waals surface area contributed by atoms with Gasteiger partial charge in [0.25, 0.3) is 11.8 Å². The molecule has 1 aromatic carbocycles. The first kappa shape index (κ1) is 17.5. The highest BCUT2D eigenvalue weighted by atomic mass is 35.5. The molecular formula is C15H21ClN2O3. The first-order valence-corrected chi connectivity index (χ1v) is 7.35. The minimum Gasteiger partial charge on any atom is -0.340 e. The van der Waals surface area contributed by atoms with Gasteiger partial charge in [-0.25, -0.2) is 5.48 Å². The molecule has 116 valence electrons. The first-order chi connectivity index (χ1) is 9.99. The lowest BCUT2D eigenvalue weighted by Crippen LogP contribution is -2.50. The molecule has 0 aliphatic heterocycles. The largest absolute Gasteiger partial charge is 0.340 e. The number of carbonyl (C=O) groups is 2. The number of hydrogen-bond donors (Lipinski definition) is 2. The predicted molar refractivity (Wildman–Crippen MR) is 81.9 cm³/mol. The third kappa shape index (κ3) is 5.36. The Labute approximate surface area is 130 Å². The van der Waals surface area contributed by atoms with Crippen LogP contribution in [-0.4, -0.2) is 24.5 Å². The minimum absolute atomic E-state index is 0.0123. The van der Waals surface area contributed by atoms with Crippen molar-refractivity contribution < 1.29 is 14.4 Å². The van der Waals surface area contributed by atoms with Crippen LogP contribution in [0.25, 0.3) is 0 Å². The van der Waals surface area contributed by atoms with E-state index in [0.29, 0.717) is 17.2 Å². The molecule has 1 rings (SSSR count). The molecule has 0 spiro atoms. The fourth-order valence-corrected chi connectivity index (χ4v) is 1.86. The normalized spacial score (nSPS) is 13.3. The zero-order chi connectivity index (χ0) is 15.8. The van der Waals surface area contributed by atoms with E-state index in [1.54, 1.807) is 31.2 Å². The Morgan fingerprint density at radius 3 is 2.38 bits per heavy atom. The van der Waals surface area contributed by atoms with Crippen molar-refractivity contribution in [1.29, 1.82) is 0 Å². The van der Waals surface area contributed by atoms with Crippen molar-refractivity contribution in [3.63, 3.8) is 0 Å². The highest BCUT2D eigenvalue weighted by Gasteiger charge is 2.26. The average Bonchev–Trinajstić information content (AvgIpc) is 2.49. The third-order valence-electron chi connectivity index (χ3n) is 3.21. The van der Waals surface area contributed by atoms with E-state index in [-0.39, 0.29) is 17.7 Å². The molecule has 0 radical (unpaired) electrons. The summed E-state index contributed by atoms with van der Waals surface area (Å²) in [6.45, 7) is 5.99. The molecule has 1 aromatic rings. The number of nitrogens with one attached hydrogen (secondary N) is 2. The van der Waals surface area contributed by atoms with Gasteiger partial charge in [-0.3, -0.25) is 14.4 Å². The second-order valence-electron chi connectivity index (χ2n) is 4.74. The second kappa shape index (κ2) is 8.64. The summed E-state index contributed by atoms with van der Waals surface area (Å²) >= 11 is 5.79. The van der Waals surface area contributed by atoms with E-state index >= 15 is 0 Å². The van der Waals surface area contributed by atoms with Gasteiger partial charge in [0.2, 0.25) is 0 Å². The number of rotatable bonds is 7. The molecule has 21 heavy (non-hydrogen) atoms. The van der Waals surface area contributed by atoms with E-state index in [2.05, 4.69) is 10.8 Å². The molecule has 0 fully saturated rings. The van der Waals surface area contributed by atoms with Gasteiger partial charge in [0.05, 0.1) is 6.61 Å². The molecule has 0 bridgehead atoms. The number of hydrogen-bond acceptors (Lipinski definition) is 3. The molecule has 0 saturated heterocycles. The molecular weight excluding hydrogens is 292 g/mol. The second-order valence-corrected chi connectivity index (χ2v) is 5.18. The van der Waals surface area contributed by atoms with Crippen LogP contribution < -0.4 is 10.8 Å². The Morgan fingerprint density at radius 1 is 1.24 bits per heavy atom. The molecule has 0 aliphatic rings. The van der Waals surface area contributed by atoms with Gasteiger partial charge in [-0.2, -0.15) is 0 Å². The van der Waals surface area contributed by atoms with Gasteiger partial charge in [0, 0.05) is 10.6 Å². The quantitative estimate of drug-likeness (QED) is 0.760. The maximum absolute atomic E-state index is 12.2. The number of amides is 2. The fourth-order valence-electron chi connectivity index (χ4n) is 1.73. The van der Waals surface area contributed by atoms with E-state index in [9.17, 15) is 9.59 Å². The monoisotopic (exact) mass is 312 g/mol. The molecule has 0 aromatic heterocycles. The summed E-state index contributed by atoms with van der Waals surface area (Å²) in [4.78, 5) is 29.1. The Kier molecular flexibility index (Phi) is 7.19. The van der Waals surface area contributed by atoms with Gasteiger partial charge < -0.3 is 5.32 Å². The highest BCUT2D eigenvalue weighted by Crippen LogP contribution is 2.12. The van der Waals surface area contributed by atoms with Crippen LogP contribution in [0.3, 0.4) is 0 Å². The zero-order valence-corrected chi connectivity index (χ0v) is 13.2. The SMILES string of the molecule is CCONC(=O)[C@@H](NC(=O)c1ccc(Cl)cc1)[C@H](C)CC. The smallest absolute Gasteiger partial charge is 0.266 e. The summed E-state index contributed by atoms with van der Waals surface area (Å²) < 4.78 is 0. The molecule has 6 heteroatoms. The molecule has 0 heterocycles. The van der Waals surface area contributed by atoms with Crippen molar-refractivity contribution in [1.82, 2.24) is 10.8 Å². The summed E-state index contributed by atoms with van der Waals surface area (Å²) in [6.07, 6.45) is 0.755. The summed E-state index contributed by atoms with van der Waals surface area (Å²) in [7, 11) is 0. The highest BCUT2D eigenvalue weighted by molar-refractivity contribution is 6.30. The van der Waals surface area contributed by atoms with Crippen LogP contribution in [0.1, 0.15) is 37.6 Å². The molecule has 0 unspecified atom stereocenters. The maximum atomic E-state index is 12.2. The van der Waals surface area contributed by atoms with Crippen LogP contribution in [0.4, 0.5) is 0 Å². The van der Waals surface area contributed by atoms with Crippen LogP contribution in [-0.2, 0) is 9.63 Å². The van der Waals surface area contributed by atoms with Gasteiger partial charge in [0.1, 0.15) is 6.04 Å². The van der Waals surface area contributed by atoms with E-state index < -0.39 is 6.04 Å².